The van der Waals surface area contributed by atoms with Crippen molar-refractivity contribution in [1.29, 1.82) is 0 Å². The maximum Gasteiger partial charge on any atom is 0.223 e. The Labute approximate surface area is 102 Å². The molecule has 2 heterocycles. The molecular weight excluding hydrogens is 242 g/mol. The van der Waals surface area contributed by atoms with Gasteiger partial charge in [0.25, 0.3) is 0 Å². The van der Waals surface area contributed by atoms with Gasteiger partial charge in [-0.2, -0.15) is 0 Å². The van der Waals surface area contributed by atoms with Gasteiger partial charge in [-0.05, 0) is 13.3 Å². The molecule has 0 bridgehead atoms. The number of carbonyl (C=O) groups excluding carboxylic acids is 1. The minimum atomic E-state index is -2.92. The smallest absolute Gasteiger partial charge is 0.223 e. The van der Waals surface area contributed by atoms with E-state index in [0.717, 1.165) is 0 Å². The maximum atomic E-state index is 12.1. The maximum absolute atomic E-state index is 12.1. The zero-order valence-electron chi connectivity index (χ0n) is 10.1. The van der Waals surface area contributed by atoms with Crippen molar-refractivity contribution in [3.05, 3.63) is 0 Å². The minimum Gasteiger partial charge on any atom is -0.381 e. The van der Waals surface area contributed by atoms with E-state index in [-0.39, 0.29) is 23.5 Å². The van der Waals surface area contributed by atoms with E-state index in [2.05, 4.69) is 0 Å². The summed E-state index contributed by atoms with van der Waals surface area (Å²) in [6.45, 7) is 3.81. The highest BCUT2D eigenvalue weighted by Gasteiger charge is 2.35. The van der Waals surface area contributed by atoms with Gasteiger partial charge in [0, 0.05) is 24.9 Å². The molecule has 1 unspecified atom stereocenters. The molecule has 0 aromatic heterocycles. The predicted molar refractivity (Wildman–Crippen MR) is 63.4 cm³/mol. The number of carbonyl (C=O) groups is 1. The molecule has 98 valence electrons. The van der Waals surface area contributed by atoms with E-state index in [0.29, 0.717) is 38.5 Å². The van der Waals surface area contributed by atoms with Gasteiger partial charge in [0.05, 0.1) is 24.7 Å². The first-order valence-electron chi connectivity index (χ1n) is 6.09. The SMILES string of the molecule is CCN(C(=O)CC1COC1)C1CCS(=O)(=O)C1. The molecule has 2 aliphatic heterocycles. The first-order chi connectivity index (χ1) is 8.02. The standard InChI is InChI=1S/C11H19NO4S/c1-2-12(10-3-4-17(14,15)8-10)11(13)5-9-6-16-7-9/h9-10H,2-8H2,1H3. The number of sulfone groups is 1. The van der Waals surface area contributed by atoms with Crippen molar-refractivity contribution in [2.45, 2.75) is 25.8 Å². The second-order valence-electron chi connectivity index (χ2n) is 4.84. The van der Waals surface area contributed by atoms with Gasteiger partial charge in [-0.15, -0.1) is 0 Å². The van der Waals surface area contributed by atoms with Crippen LogP contribution in [0.4, 0.5) is 0 Å². The fourth-order valence-corrected chi connectivity index (χ4v) is 4.16. The van der Waals surface area contributed by atoms with Crippen molar-refractivity contribution < 1.29 is 17.9 Å². The molecule has 17 heavy (non-hydrogen) atoms. The van der Waals surface area contributed by atoms with Crippen molar-refractivity contribution in [3.8, 4) is 0 Å². The van der Waals surface area contributed by atoms with Crippen LogP contribution < -0.4 is 0 Å². The first kappa shape index (κ1) is 12.8. The lowest BCUT2D eigenvalue weighted by molar-refractivity contribution is -0.138. The van der Waals surface area contributed by atoms with E-state index in [4.69, 9.17) is 4.74 Å². The molecule has 0 radical (unpaired) electrons. The molecular formula is C11H19NO4S. The summed E-state index contributed by atoms with van der Waals surface area (Å²) < 4.78 is 27.9. The van der Waals surface area contributed by atoms with Gasteiger partial charge >= 0.3 is 0 Å². The van der Waals surface area contributed by atoms with E-state index in [1.54, 1.807) is 4.90 Å². The predicted octanol–water partition coefficient (Wildman–Crippen LogP) is 0.0585. The Morgan fingerprint density at radius 1 is 1.41 bits per heavy atom. The van der Waals surface area contributed by atoms with Gasteiger partial charge in [0.2, 0.25) is 5.91 Å². The number of amides is 1. The lowest BCUT2D eigenvalue weighted by Crippen LogP contribution is -2.43. The summed E-state index contributed by atoms with van der Waals surface area (Å²) in [5.41, 5.74) is 0. The lowest BCUT2D eigenvalue weighted by Gasteiger charge is -2.31. The number of ether oxygens (including phenoxy) is 1. The number of rotatable bonds is 4. The molecule has 2 rings (SSSR count). The van der Waals surface area contributed by atoms with E-state index >= 15 is 0 Å². The van der Waals surface area contributed by atoms with E-state index in [1.807, 2.05) is 6.92 Å². The summed E-state index contributed by atoms with van der Waals surface area (Å²) >= 11 is 0. The van der Waals surface area contributed by atoms with Crippen molar-refractivity contribution in [3.63, 3.8) is 0 Å². The largest absolute Gasteiger partial charge is 0.381 e. The topological polar surface area (TPSA) is 63.7 Å². The molecule has 2 fully saturated rings. The highest BCUT2D eigenvalue weighted by molar-refractivity contribution is 7.91. The van der Waals surface area contributed by atoms with Crippen LogP contribution in [0.25, 0.3) is 0 Å². The molecule has 0 saturated carbocycles. The van der Waals surface area contributed by atoms with Crippen LogP contribution in [0.15, 0.2) is 0 Å². The second-order valence-corrected chi connectivity index (χ2v) is 7.07. The van der Waals surface area contributed by atoms with E-state index < -0.39 is 9.84 Å². The Morgan fingerprint density at radius 2 is 2.12 bits per heavy atom. The Kier molecular flexibility index (Phi) is 3.73. The molecule has 5 nitrogen and oxygen atoms in total. The van der Waals surface area contributed by atoms with Gasteiger partial charge in [-0.1, -0.05) is 0 Å². The molecule has 6 heteroatoms. The van der Waals surface area contributed by atoms with Gasteiger partial charge in [0.15, 0.2) is 9.84 Å². The van der Waals surface area contributed by atoms with Crippen LogP contribution in [-0.2, 0) is 19.4 Å². The fraction of sp³-hybridized carbons (Fsp3) is 0.909. The number of hydrogen-bond donors (Lipinski definition) is 0. The Balaban J connectivity index is 1.93. The van der Waals surface area contributed by atoms with Crippen LogP contribution in [0.1, 0.15) is 19.8 Å². The quantitative estimate of drug-likeness (QED) is 0.718. The zero-order valence-corrected chi connectivity index (χ0v) is 10.9. The van der Waals surface area contributed by atoms with Crippen molar-refractivity contribution in [2.75, 3.05) is 31.3 Å². The van der Waals surface area contributed by atoms with Crippen molar-refractivity contribution in [2.24, 2.45) is 5.92 Å². The molecule has 0 aromatic rings. The van der Waals surface area contributed by atoms with Crippen LogP contribution in [-0.4, -0.2) is 56.5 Å². The third kappa shape index (κ3) is 2.98. The molecule has 0 spiro atoms. The molecule has 0 aliphatic carbocycles. The van der Waals surface area contributed by atoms with Crippen molar-refractivity contribution in [1.82, 2.24) is 4.90 Å². The average Bonchev–Trinajstić information content (AvgIpc) is 2.54. The van der Waals surface area contributed by atoms with Gasteiger partial charge < -0.3 is 9.64 Å². The highest BCUT2D eigenvalue weighted by Crippen LogP contribution is 2.21. The van der Waals surface area contributed by atoms with Gasteiger partial charge in [-0.25, -0.2) is 8.42 Å². The summed E-state index contributed by atoms with van der Waals surface area (Å²) in [5, 5.41) is 0. The molecule has 0 aromatic carbocycles. The lowest BCUT2D eigenvalue weighted by atomic mass is 10.0. The summed E-state index contributed by atoms with van der Waals surface area (Å²) in [6.07, 6.45) is 1.08. The monoisotopic (exact) mass is 261 g/mol. The second kappa shape index (κ2) is 4.94. The van der Waals surface area contributed by atoms with Crippen LogP contribution in [0.5, 0.6) is 0 Å². The van der Waals surface area contributed by atoms with Gasteiger partial charge in [0.1, 0.15) is 0 Å². The summed E-state index contributed by atoms with van der Waals surface area (Å²) in [4.78, 5) is 13.8. The molecule has 2 saturated heterocycles. The van der Waals surface area contributed by atoms with Crippen LogP contribution >= 0.6 is 0 Å². The molecule has 2 aliphatic rings. The summed E-state index contributed by atoms with van der Waals surface area (Å²) in [7, 11) is -2.92. The van der Waals surface area contributed by atoms with E-state index in [9.17, 15) is 13.2 Å². The molecule has 1 atom stereocenters. The van der Waals surface area contributed by atoms with Crippen molar-refractivity contribution >= 4 is 15.7 Å². The minimum absolute atomic E-state index is 0.0721. The normalized spacial score (nSPS) is 27.7. The Hall–Kier alpha value is -0.620. The third-order valence-electron chi connectivity index (χ3n) is 3.48. The molecule has 1 amide bonds. The number of nitrogens with zero attached hydrogens (tertiary/aromatic N) is 1. The zero-order chi connectivity index (χ0) is 12.5. The summed E-state index contributed by atoms with van der Waals surface area (Å²) in [6, 6.07) is -0.113. The summed E-state index contributed by atoms with van der Waals surface area (Å²) in [5.74, 6) is 0.749. The third-order valence-corrected chi connectivity index (χ3v) is 5.23. The Bertz CT molecular complexity index is 388. The average molecular weight is 261 g/mol. The Morgan fingerprint density at radius 3 is 2.53 bits per heavy atom. The van der Waals surface area contributed by atoms with Crippen LogP contribution in [0.3, 0.4) is 0 Å². The fourth-order valence-electron chi connectivity index (χ4n) is 2.43. The van der Waals surface area contributed by atoms with E-state index in [1.165, 1.54) is 0 Å². The van der Waals surface area contributed by atoms with Crippen LogP contribution in [0, 0.1) is 5.92 Å². The van der Waals surface area contributed by atoms with Gasteiger partial charge in [-0.3, -0.25) is 4.79 Å². The first-order valence-corrected chi connectivity index (χ1v) is 7.91. The molecule has 0 N–H and O–H groups in total. The highest BCUT2D eigenvalue weighted by atomic mass is 32.2. The number of hydrogen-bond acceptors (Lipinski definition) is 4. The van der Waals surface area contributed by atoms with Crippen LogP contribution in [0.2, 0.25) is 0 Å².